The van der Waals surface area contributed by atoms with Crippen molar-refractivity contribution < 1.29 is 0 Å². The van der Waals surface area contributed by atoms with Gasteiger partial charge in [0.2, 0.25) is 0 Å². The molecule has 1 aliphatic heterocycles. The van der Waals surface area contributed by atoms with Crippen LogP contribution in [-0.4, -0.2) is 23.5 Å². The van der Waals surface area contributed by atoms with E-state index in [0.29, 0.717) is 0 Å². The molecule has 0 spiro atoms. The summed E-state index contributed by atoms with van der Waals surface area (Å²) in [4.78, 5) is 4.48. The van der Waals surface area contributed by atoms with Crippen LogP contribution in [0.4, 0.5) is 0 Å². The van der Waals surface area contributed by atoms with E-state index in [2.05, 4.69) is 17.2 Å². The molecule has 0 aromatic heterocycles. The molecule has 3 heteroatoms. The fraction of sp³-hybridized carbons (Fsp3) is 0.889. The van der Waals surface area contributed by atoms with Gasteiger partial charge in [-0.2, -0.15) is 0 Å². The first-order valence-corrected chi connectivity index (χ1v) is 5.73. The third-order valence-corrected chi connectivity index (χ3v) is 3.69. The molecule has 2 aliphatic rings. The van der Waals surface area contributed by atoms with Gasteiger partial charge in [-0.15, -0.1) is 0 Å². The molecule has 0 bridgehead atoms. The van der Waals surface area contributed by atoms with Crippen LogP contribution in [0.3, 0.4) is 0 Å². The molecule has 0 aromatic rings. The summed E-state index contributed by atoms with van der Waals surface area (Å²) in [6.45, 7) is 4.32. The maximum Gasteiger partial charge on any atom is 0.156 e. The van der Waals surface area contributed by atoms with Crippen molar-refractivity contribution in [3.63, 3.8) is 0 Å². The Morgan fingerprint density at radius 1 is 1.58 bits per heavy atom. The lowest BCUT2D eigenvalue weighted by atomic mass is 10.3. The van der Waals surface area contributed by atoms with E-state index < -0.39 is 0 Å². The first kappa shape index (κ1) is 8.42. The van der Waals surface area contributed by atoms with Gasteiger partial charge >= 0.3 is 0 Å². The SMILES string of the molecule is CCCNC1=NCC(C2CC2)S1. The lowest BCUT2D eigenvalue weighted by molar-refractivity contribution is 0.771. The zero-order valence-corrected chi connectivity index (χ0v) is 8.36. The van der Waals surface area contributed by atoms with Gasteiger partial charge in [-0.05, 0) is 25.2 Å². The molecule has 0 amide bonds. The quantitative estimate of drug-likeness (QED) is 0.724. The summed E-state index contributed by atoms with van der Waals surface area (Å²) in [6.07, 6.45) is 4.07. The molecule has 68 valence electrons. The number of hydrogen-bond donors (Lipinski definition) is 1. The molecule has 1 heterocycles. The third kappa shape index (κ3) is 1.94. The van der Waals surface area contributed by atoms with E-state index in [0.717, 1.165) is 24.3 Å². The number of amidine groups is 1. The molecule has 12 heavy (non-hydrogen) atoms. The van der Waals surface area contributed by atoms with E-state index in [9.17, 15) is 0 Å². The Bertz CT molecular complexity index is 187. The van der Waals surface area contributed by atoms with Gasteiger partial charge in [0.1, 0.15) is 0 Å². The van der Waals surface area contributed by atoms with Crippen LogP contribution in [0.5, 0.6) is 0 Å². The number of thioether (sulfide) groups is 1. The van der Waals surface area contributed by atoms with Crippen molar-refractivity contribution in [2.45, 2.75) is 31.4 Å². The van der Waals surface area contributed by atoms with Gasteiger partial charge in [0, 0.05) is 11.8 Å². The minimum atomic E-state index is 0.810. The number of nitrogens with zero attached hydrogens (tertiary/aromatic N) is 1. The van der Waals surface area contributed by atoms with Gasteiger partial charge in [-0.3, -0.25) is 4.99 Å². The van der Waals surface area contributed by atoms with Crippen LogP contribution in [0.15, 0.2) is 4.99 Å². The van der Waals surface area contributed by atoms with Crippen LogP contribution in [0.25, 0.3) is 0 Å². The molecule has 1 saturated carbocycles. The monoisotopic (exact) mass is 184 g/mol. The van der Waals surface area contributed by atoms with E-state index in [1.165, 1.54) is 24.4 Å². The standard InChI is InChI=1S/C9H16N2S/c1-2-5-10-9-11-6-8(12-9)7-3-4-7/h7-8H,2-6H2,1H3,(H,10,11). The zero-order valence-electron chi connectivity index (χ0n) is 7.55. The first-order valence-electron chi connectivity index (χ1n) is 4.85. The minimum absolute atomic E-state index is 0.810. The fourth-order valence-electron chi connectivity index (χ4n) is 1.43. The van der Waals surface area contributed by atoms with Crippen molar-refractivity contribution in [2.75, 3.05) is 13.1 Å². The van der Waals surface area contributed by atoms with E-state index in [-0.39, 0.29) is 0 Å². The van der Waals surface area contributed by atoms with Crippen molar-refractivity contribution in [3.8, 4) is 0 Å². The second-order valence-corrected chi connectivity index (χ2v) is 4.79. The first-order chi connectivity index (χ1) is 5.90. The van der Waals surface area contributed by atoms with Crippen molar-refractivity contribution in [1.82, 2.24) is 5.32 Å². The van der Waals surface area contributed by atoms with Crippen LogP contribution in [0, 0.1) is 5.92 Å². The van der Waals surface area contributed by atoms with Gasteiger partial charge in [0.15, 0.2) is 5.17 Å². The van der Waals surface area contributed by atoms with Crippen molar-refractivity contribution in [2.24, 2.45) is 10.9 Å². The Morgan fingerprint density at radius 2 is 2.42 bits per heavy atom. The predicted molar refractivity (Wildman–Crippen MR) is 54.7 cm³/mol. The predicted octanol–water partition coefficient (Wildman–Crippen LogP) is 1.87. The molecule has 2 rings (SSSR count). The normalized spacial score (nSPS) is 28.8. The molecule has 2 nitrogen and oxygen atoms in total. The van der Waals surface area contributed by atoms with Crippen LogP contribution in [-0.2, 0) is 0 Å². The van der Waals surface area contributed by atoms with Crippen molar-refractivity contribution in [1.29, 1.82) is 0 Å². The Kier molecular flexibility index (Phi) is 2.59. The van der Waals surface area contributed by atoms with Crippen LogP contribution in [0.2, 0.25) is 0 Å². The summed E-state index contributed by atoms with van der Waals surface area (Å²) in [5.74, 6) is 0.986. The van der Waals surface area contributed by atoms with Crippen LogP contribution >= 0.6 is 11.8 Å². The number of hydrogen-bond acceptors (Lipinski definition) is 3. The average Bonchev–Trinajstić information content (AvgIpc) is 2.83. The second-order valence-electron chi connectivity index (χ2n) is 3.57. The maximum atomic E-state index is 4.48. The molecule has 1 unspecified atom stereocenters. The lowest BCUT2D eigenvalue weighted by Gasteiger charge is -2.06. The zero-order chi connectivity index (χ0) is 8.39. The summed E-state index contributed by atoms with van der Waals surface area (Å²) in [5, 5.41) is 5.36. The van der Waals surface area contributed by atoms with Gasteiger partial charge in [-0.25, -0.2) is 0 Å². The van der Waals surface area contributed by atoms with Crippen molar-refractivity contribution >= 4 is 16.9 Å². The van der Waals surface area contributed by atoms with Gasteiger partial charge in [0.05, 0.1) is 6.54 Å². The summed E-state index contributed by atoms with van der Waals surface area (Å²) in [6, 6.07) is 0. The highest BCUT2D eigenvalue weighted by Crippen LogP contribution is 2.41. The number of aliphatic imine (C=N–C) groups is 1. The van der Waals surface area contributed by atoms with Gasteiger partial charge in [-0.1, -0.05) is 18.7 Å². The lowest BCUT2D eigenvalue weighted by Crippen LogP contribution is -2.20. The maximum absolute atomic E-state index is 4.48. The summed E-state index contributed by atoms with van der Waals surface area (Å²) < 4.78 is 0. The van der Waals surface area contributed by atoms with Gasteiger partial charge in [0.25, 0.3) is 0 Å². The summed E-state index contributed by atoms with van der Waals surface area (Å²) in [7, 11) is 0. The van der Waals surface area contributed by atoms with Crippen LogP contribution in [0.1, 0.15) is 26.2 Å². The Morgan fingerprint density at radius 3 is 3.08 bits per heavy atom. The van der Waals surface area contributed by atoms with Crippen molar-refractivity contribution in [3.05, 3.63) is 0 Å². The molecule has 0 radical (unpaired) electrons. The molecule has 0 saturated heterocycles. The van der Waals surface area contributed by atoms with E-state index in [4.69, 9.17) is 0 Å². The highest BCUT2D eigenvalue weighted by molar-refractivity contribution is 8.14. The molecule has 1 atom stereocenters. The second kappa shape index (κ2) is 3.69. The molecule has 1 N–H and O–H groups in total. The Labute approximate surface area is 78.2 Å². The molecular weight excluding hydrogens is 168 g/mol. The number of rotatable bonds is 3. The highest BCUT2D eigenvalue weighted by atomic mass is 32.2. The molecule has 0 aromatic carbocycles. The van der Waals surface area contributed by atoms with E-state index in [1.54, 1.807) is 0 Å². The van der Waals surface area contributed by atoms with E-state index in [1.807, 2.05) is 11.8 Å². The summed E-state index contributed by atoms with van der Waals surface area (Å²) >= 11 is 1.96. The Balaban J connectivity index is 1.72. The highest BCUT2D eigenvalue weighted by Gasteiger charge is 2.34. The fourth-order valence-corrected chi connectivity index (χ4v) is 2.67. The summed E-state index contributed by atoms with van der Waals surface area (Å²) in [5.41, 5.74) is 0. The molecule has 1 fully saturated rings. The Hall–Kier alpha value is -0.180. The molecular formula is C9H16N2S. The minimum Gasteiger partial charge on any atom is -0.365 e. The van der Waals surface area contributed by atoms with Gasteiger partial charge < -0.3 is 5.32 Å². The van der Waals surface area contributed by atoms with E-state index >= 15 is 0 Å². The number of nitrogens with one attached hydrogen (secondary N) is 1. The average molecular weight is 184 g/mol. The molecule has 1 aliphatic carbocycles. The largest absolute Gasteiger partial charge is 0.365 e. The smallest absolute Gasteiger partial charge is 0.156 e. The topological polar surface area (TPSA) is 24.4 Å². The van der Waals surface area contributed by atoms with Crippen LogP contribution < -0.4 is 5.32 Å². The third-order valence-electron chi connectivity index (χ3n) is 2.35.